The number of hydrogen-bond donors (Lipinski definition) is 0. The van der Waals surface area contributed by atoms with Gasteiger partial charge >= 0.3 is 0 Å². The molecule has 0 aromatic heterocycles. The first-order valence-electron chi connectivity index (χ1n) is 9.29. The topological polar surface area (TPSA) is 0 Å². The van der Waals surface area contributed by atoms with Crippen LogP contribution in [0.3, 0.4) is 0 Å². The highest BCUT2D eigenvalue weighted by Gasteiger charge is 2.30. The second kappa shape index (κ2) is 5.19. The van der Waals surface area contributed by atoms with Crippen molar-refractivity contribution in [1.82, 2.24) is 0 Å². The molecule has 2 aliphatic rings. The number of hydrogen-bond acceptors (Lipinski definition) is 0. The van der Waals surface area contributed by atoms with Gasteiger partial charge in [-0.25, -0.2) is 0 Å². The van der Waals surface area contributed by atoms with Gasteiger partial charge in [0.25, 0.3) is 0 Å². The normalized spacial score (nSPS) is 13.8. The van der Waals surface area contributed by atoms with Crippen molar-refractivity contribution in [2.75, 3.05) is 0 Å². The Morgan fingerprint density at radius 2 is 1.08 bits per heavy atom. The first kappa shape index (κ1) is 14.1. The summed E-state index contributed by atoms with van der Waals surface area (Å²) in [6.45, 7) is 0. The molecule has 0 fully saturated rings. The van der Waals surface area contributed by atoms with Crippen molar-refractivity contribution in [2.24, 2.45) is 0 Å². The summed E-state index contributed by atoms with van der Waals surface area (Å²) in [6, 6.07) is 33.7. The van der Waals surface area contributed by atoms with E-state index in [1.165, 1.54) is 50.1 Å². The second-order valence-electron chi connectivity index (χ2n) is 7.36. The maximum absolute atomic E-state index is 2.44. The summed E-state index contributed by atoms with van der Waals surface area (Å²) in [5.74, 6) is 0.334. The van der Waals surface area contributed by atoms with Gasteiger partial charge < -0.3 is 0 Å². The lowest BCUT2D eigenvalue weighted by atomic mass is 9.87. The minimum Gasteiger partial charge on any atom is -0.0619 e. The zero-order chi connectivity index (χ0) is 17.1. The molecule has 0 atom stereocenters. The largest absolute Gasteiger partial charge is 0.0619 e. The van der Waals surface area contributed by atoms with E-state index in [-0.39, 0.29) is 0 Å². The monoisotopic (exact) mass is 330 g/mol. The van der Waals surface area contributed by atoms with Crippen LogP contribution in [0.4, 0.5) is 0 Å². The van der Waals surface area contributed by atoms with Crippen LogP contribution >= 0.6 is 0 Å². The average molecular weight is 330 g/mol. The first-order valence-corrected chi connectivity index (χ1v) is 9.29. The summed E-state index contributed by atoms with van der Waals surface area (Å²) in [6.07, 6.45) is 1.06. The van der Waals surface area contributed by atoms with E-state index in [1.807, 2.05) is 0 Å². The highest BCUT2D eigenvalue weighted by atomic mass is 14.3. The Morgan fingerprint density at radius 1 is 0.500 bits per heavy atom. The molecular formula is C26H18. The lowest BCUT2D eigenvalue weighted by molar-refractivity contribution is 1.01. The van der Waals surface area contributed by atoms with E-state index in [0.29, 0.717) is 5.92 Å². The quantitative estimate of drug-likeness (QED) is 0.326. The molecule has 0 unspecified atom stereocenters. The zero-order valence-corrected chi connectivity index (χ0v) is 14.4. The van der Waals surface area contributed by atoms with Crippen molar-refractivity contribution in [1.29, 1.82) is 0 Å². The van der Waals surface area contributed by atoms with Crippen molar-refractivity contribution in [3.05, 3.63) is 119 Å². The predicted octanol–water partition coefficient (Wildman–Crippen LogP) is 6.42. The molecule has 0 aliphatic heterocycles. The number of rotatable bonds is 1. The standard InChI is InChI=1S/C26H18/c1-2-8-20-17(7-1)15-18-13-14-19(16-25(18)20)26-23-11-5-3-9-21(23)22-10-4-6-12-24(22)26/h1-14,16,26H,15H2. The summed E-state index contributed by atoms with van der Waals surface area (Å²) >= 11 is 0. The van der Waals surface area contributed by atoms with Crippen LogP contribution in [0, 0.1) is 0 Å². The molecule has 0 radical (unpaired) electrons. The molecular weight excluding hydrogens is 312 g/mol. The summed E-state index contributed by atoms with van der Waals surface area (Å²) in [4.78, 5) is 0. The van der Waals surface area contributed by atoms with Gasteiger partial charge in [0.05, 0.1) is 0 Å². The number of fused-ring (bicyclic) bond motifs is 6. The molecule has 0 saturated heterocycles. The molecule has 2 aliphatic carbocycles. The zero-order valence-electron chi connectivity index (χ0n) is 14.4. The van der Waals surface area contributed by atoms with Crippen LogP contribution in [0.15, 0.2) is 91.0 Å². The van der Waals surface area contributed by atoms with Crippen molar-refractivity contribution in [3.63, 3.8) is 0 Å². The Kier molecular flexibility index (Phi) is 2.81. The Labute approximate surface area is 153 Å². The third-order valence-corrected chi connectivity index (χ3v) is 5.99. The van der Waals surface area contributed by atoms with Gasteiger partial charge in [-0.1, -0.05) is 84.9 Å². The van der Waals surface area contributed by atoms with Gasteiger partial charge in [0.2, 0.25) is 0 Å². The van der Waals surface area contributed by atoms with Crippen LogP contribution in [-0.2, 0) is 6.42 Å². The fourth-order valence-electron chi connectivity index (χ4n) is 4.84. The molecule has 0 bridgehead atoms. The molecule has 0 heterocycles. The van der Waals surface area contributed by atoms with E-state index >= 15 is 0 Å². The van der Waals surface area contributed by atoms with Gasteiger partial charge in [-0.3, -0.25) is 0 Å². The molecule has 0 heteroatoms. The van der Waals surface area contributed by atoms with Crippen molar-refractivity contribution in [3.8, 4) is 22.3 Å². The average Bonchev–Trinajstić information content (AvgIpc) is 3.23. The van der Waals surface area contributed by atoms with E-state index in [0.717, 1.165) is 6.42 Å². The molecule has 0 saturated carbocycles. The summed E-state index contributed by atoms with van der Waals surface area (Å²) in [5.41, 5.74) is 12.8. The van der Waals surface area contributed by atoms with E-state index in [1.54, 1.807) is 0 Å². The molecule has 4 aromatic rings. The molecule has 0 spiro atoms. The summed E-state index contributed by atoms with van der Waals surface area (Å²) in [5, 5.41) is 0. The lowest BCUT2D eigenvalue weighted by Gasteiger charge is -2.16. The van der Waals surface area contributed by atoms with Gasteiger partial charge in [-0.15, -0.1) is 0 Å². The minimum atomic E-state index is 0.334. The van der Waals surface area contributed by atoms with E-state index in [4.69, 9.17) is 0 Å². The summed E-state index contributed by atoms with van der Waals surface area (Å²) < 4.78 is 0. The Hall–Kier alpha value is -3.12. The third-order valence-electron chi connectivity index (χ3n) is 5.99. The van der Waals surface area contributed by atoms with E-state index in [2.05, 4.69) is 91.0 Å². The van der Waals surface area contributed by atoms with Crippen molar-refractivity contribution < 1.29 is 0 Å². The van der Waals surface area contributed by atoms with Crippen molar-refractivity contribution in [2.45, 2.75) is 12.3 Å². The van der Waals surface area contributed by atoms with E-state index < -0.39 is 0 Å². The molecule has 6 rings (SSSR count). The Bertz CT molecular complexity index is 1120. The van der Waals surface area contributed by atoms with Gasteiger partial charge in [0, 0.05) is 5.92 Å². The highest BCUT2D eigenvalue weighted by Crippen LogP contribution is 2.49. The van der Waals surface area contributed by atoms with Crippen LogP contribution in [0.1, 0.15) is 33.7 Å². The van der Waals surface area contributed by atoms with Crippen LogP contribution in [0.5, 0.6) is 0 Å². The molecule has 0 amide bonds. The molecule has 0 N–H and O–H groups in total. The lowest BCUT2D eigenvalue weighted by Crippen LogP contribution is -1.99. The molecule has 4 aromatic carbocycles. The Balaban J connectivity index is 1.58. The Morgan fingerprint density at radius 3 is 1.81 bits per heavy atom. The van der Waals surface area contributed by atoms with Crippen LogP contribution in [0.25, 0.3) is 22.3 Å². The molecule has 26 heavy (non-hydrogen) atoms. The van der Waals surface area contributed by atoms with Gasteiger partial charge in [-0.2, -0.15) is 0 Å². The summed E-state index contributed by atoms with van der Waals surface area (Å²) in [7, 11) is 0. The van der Waals surface area contributed by atoms with Crippen LogP contribution in [-0.4, -0.2) is 0 Å². The predicted molar refractivity (Wildman–Crippen MR) is 108 cm³/mol. The smallest absolute Gasteiger partial charge is 0.0352 e. The van der Waals surface area contributed by atoms with Crippen LogP contribution < -0.4 is 0 Å². The van der Waals surface area contributed by atoms with E-state index in [9.17, 15) is 0 Å². The molecule has 122 valence electrons. The maximum atomic E-state index is 2.44. The van der Waals surface area contributed by atoms with Gasteiger partial charge in [-0.05, 0) is 62.6 Å². The number of benzene rings is 4. The van der Waals surface area contributed by atoms with Gasteiger partial charge in [0.15, 0.2) is 0 Å². The SMILES string of the molecule is c1ccc2c(c1)Cc1ccc(C3c4ccccc4-c4ccccc43)cc1-2. The second-order valence-corrected chi connectivity index (χ2v) is 7.36. The minimum absolute atomic E-state index is 0.334. The molecule has 0 nitrogen and oxygen atoms in total. The van der Waals surface area contributed by atoms with Gasteiger partial charge in [0.1, 0.15) is 0 Å². The third kappa shape index (κ3) is 1.84. The fraction of sp³-hybridized carbons (Fsp3) is 0.0769. The van der Waals surface area contributed by atoms with Crippen molar-refractivity contribution >= 4 is 0 Å². The highest BCUT2D eigenvalue weighted by molar-refractivity contribution is 5.82. The first-order chi connectivity index (χ1) is 12.9. The van der Waals surface area contributed by atoms with Crippen LogP contribution in [0.2, 0.25) is 0 Å². The maximum Gasteiger partial charge on any atom is 0.0352 e. The fourth-order valence-corrected chi connectivity index (χ4v) is 4.84.